The number of carbonyl (C=O) groups excluding carboxylic acids is 2. The van der Waals surface area contributed by atoms with Crippen LogP contribution in [0.25, 0.3) is 0 Å². The van der Waals surface area contributed by atoms with Crippen LogP contribution in [-0.2, 0) is 14.3 Å². The minimum atomic E-state index is -0.585. The van der Waals surface area contributed by atoms with Gasteiger partial charge in [-0.25, -0.2) is 9.59 Å². The van der Waals surface area contributed by atoms with Crippen LogP contribution in [0.4, 0.5) is 4.79 Å². The second-order valence-corrected chi connectivity index (χ2v) is 5.51. The highest BCUT2D eigenvalue weighted by Crippen LogP contribution is 2.25. The van der Waals surface area contributed by atoms with E-state index in [2.05, 4.69) is 0 Å². The number of ether oxygens (including phenoxy) is 2. The first-order valence-electron chi connectivity index (χ1n) is 6.06. The molecule has 1 unspecified atom stereocenters. The fraction of sp³-hybridized carbons (Fsp3) is 0.833. The van der Waals surface area contributed by atoms with Gasteiger partial charge in [0.15, 0.2) is 0 Å². The smallest absolute Gasteiger partial charge is 0.411 e. The van der Waals surface area contributed by atoms with E-state index in [-0.39, 0.29) is 5.92 Å². The fourth-order valence-corrected chi connectivity index (χ4v) is 1.98. The largest absolute Gasteiger partial charge is 0.467 e. The molecule has 6 heteroatoms. The van der Waals surface area contributed by atoms with E-state index in [0.29, 0.717) is 19.5 Å². The van der Waals surface area contributed by atoms with E-state index in [0.717, 1.165) is 0 Å². The molecule has 0 aromatic heterocycles. The van der Waals surface area contributed by atoms with Gasteiger partial charge in [0.2, 0.25) is 0 Å². The number of carbonyl (C=O) groups is 2. The summed E-state index contributed by atoms with van der Waals surface area (Å²) in [5.41, 5.74) is 5.01. The van der Waals surface area contributed by atoms with Gasteiger partial charge in [0, 0.05) is 6.54 Å². The molecule has 1 heterocycles. The maximum absolute atomic E-state index is 12.0. The van der Waals surface area contributed by atoms with Crippen molar-refractivity contribution < 1.29 is 19.1 Å². The average Bonchev–Trinajstić information content (AvgIpc) is 2.69. The third-order valence-corrected chi connectivity index (χ3v) is 2.82. The Hall–Kier alpha value is -1.30. The predicted molar refractivity (Wildman–Crippen MR) is 65.9 cm³/mol. The van der Waals surface area contributed by atoms with E-state index in [4.69, 9.17) is 15.2 Å². The van der Waals surface area contributed by atoms with E-state index in [1.54, 1.807) is 20.8 Å². The molecule has 0 saturated carbocycles. The molecule has 0 aromatic carbocycles. The van der Waals surface area contributed by atoms with Gasteiger partial charge in [0.25, 0.3) is 0 Å². The van der Waals surface area contributed by atoms with Crippen LogP contribution >= 0.6 is 0 Å². The number of amides is 1. The van der Waals surface area contributed by atoms with E-state index in [1.165, 1.54) is 12.0 Å². The number of hydrogen-bond acceptors (Lipinski definition) is 5. The number of hydrogen-bond donors (Lipinski definition) is 1. The second kappa shape index (κ2) is 5.56. The molecule has 104 valence electrons. The summed E-state index contributed by atoms with van der Waals surface area (Å²) in [6.07, 6.45) is 0.0384. The van der Waals surface area contributed by atoms with Crippen LogP contribution < -0.4 is 5.73 Å². The summed E-state index contributed by atoms with van der Waals surface area (Å²) >= 11 is 0. The summed E-state index contributed by atoms with van der Waals surface area (Å²) in [5.74, 6) is -0.307. The SMILES string of the molecule is COC(=O)[C@@H]1CC(CN)CN1C(=O)OC(C)(C)C. The molecule has 1 aliphatic rings. The Kier molecular flexibility index (Phi) is 4.56. The first-order valence-corrected chi connectivity index (χ1v) is 6.06. The number of rotatable bonds is 2. The van der Waals surface area contributed by atoms with Crippen molar-refractivity contribution in [2.24, 2.45) is 11.7 Å². The molecule has 0 radical (unpaired) electrons. The van der Waals surface area contributed by atoms with Crippen molar-refractivity contribution in [3.8, 4) is 0 Å². The Morgan fingerprint density at radius 3 is 2.44 bits per heavy atom. The lowest BCUT2D eigenvalue weighted by atomic mass is 10.1. The average molecular weight is 258 g/mol. The third kappa shape index (κ3) is 3.60. The van der Waals surface area contributed by atoms with Crippen LogP contribution in [0.5, 0.6) is 0 Å². The van der Waals surface area contributed by atoms with Gasteiger partial charge in [-0.3, -0.25) is 4.90 Å². The normalized spacial score (nSPS) is 23.9. The minimum absolute atomic E-state index is 0.113. The Morgan fingerprint density at radius 2 is 2.00 bits per heavy atom. The molecular formula is C12H22N2O4. The van der Waals surface area contributed by atoms with E-state index >= 15 is 0 Å². The zero-order valence-electron chi connectivity index (χ0n) is 11.4. The summed E-state index contributed by atoms with van der Waals surface area (Å²) in [5, 5.41) is 0. The van der Waals surface area contributed by atoms with Crippen LogP contribution in [0.3, 0.4) is 0 Å². The molecule has 1 rings (SSSR count). The fourth-order valence-electron chi connectivity index (χ4n) is 1.98. The van der Waals surface area contributed by atoms with Gasteiger partial charge in [0.05, 0.1) is 7.11 Å². The molecule has 1 fully saturated rings. The van der Waals surface area contributed by atoms with Gasteiger partial charge < -0.3 is 15.2 Å². The highest BCUT2D eigenvalue weighted by atomic mass is 16.6. The molecule has 18 heavy (non-hydrogen) atoms. The monoisotopic (exact) mass is 258 g/mol. The van der Waals surface area contributed by atoms with Crippen molar-refractivity contribution in [2.45, 2.75) is 38.8 Å². The molecule has 0 aliphatic carbocycles. The predicted octanol–water partition coefficient (Wildman–Crippen LogP) is 0.744. The molecule has 0 bridgehead atoms. The van der Waals surface area contributed by atoms with Gasteiger partial charge in [-0.2, -0.15) is 0 Å². The molecular weight excluding hydrogens is 236 g/mol. The first kappa shape index (κ1) is 14.8. The highest BCUT2D eigenvalue weighted by molar-refractivity contribution is 5.82. The summed E-state index contributed by atoms with van der Waals surface area (Å²) in [4.78, 5) is 25.1. The van der Waals surface area contributed by atoms with Gasteiger partial charge in [-0.15, -0.1) is 0 Å². The topological polar surface area (TPSA) is 81.9 Å². The van der Waals surface area contributed by atoms with Gasteiger partial charge in [0.1, 0.15) is 11.6 Å². The zero-order valence-corrected chi connectivity index (χ0v) is 11.4. The van der Waals surface area contributed by atoms with Crippen molar-refractivity contribution >= 4 is 12.1 Å². The minimum Gasteiger partial charge on any atom is -0.467 e. The summed E-state index contributed by atoms with van der Waals surface area (Å²) in [6, 6.07) is -0.585. The van der Waals surface area contributed by atoms with Crippen molar-refractivity contribution in [1.29, 1.82) is 0 Å². The Morgan fingerprint density at radius 1 is 1.39 bits per heavy atom. The molecule has 0 spiro atoms. The number of methoxy groups -OCH3 is 1. The quantitative estimate of drug-likeness (QED) is 0.739. The maximum Gasteiger partial charge on any atom is 0.411 e. The number of nitrogens with two attached hydrogens (primary N) is 1. The molecule has 1 saturated heterocycles. The third-order valence-electron chi connectivity index (χ3n) is 2.82. The lowest BCUT2D eigenvalue weighted by Gasteiger charge is -2.27. The zero-order chi connectivity index (χ0) is 13.9. The van der Waals surface area contributed by atoms with E-state index < -0.39 is 23.7 Å². The van der Waals surface area contributed by atoms with Crippen molar-refractivity contribution in [3.63, 3.8) is 0 Å². The van der Waals surface area contributed by atoms with Crippen LogP contribution in [0.2, 0.25) is 0 Å². The molecule has 6 nitrogen and oxygen atoms in total. The maximum atomic E-state index is 12.0. The Balaban J connectivity index is 2.77. The summed E-state index contributed by atoms with van der Waals surface area (Å²) in [6.45, 7) is 6.23. The lowest BCUT2D eigenvalue weighted by molar-refractivity contribution is -0.145. The van der Waals surface area contributed by atoms with Crippen LogP contribution in [0, 0.1) is 5.92 Å². The Bertz CT molecular complexity index is 325. The summed E-state index contributed by atoms with van der Waals surface area (Å²) < 4.78 is 9.99. The lowest BCUT2D eigenvalue weighted by Crippen LogP contribution is -2.43. The molecule has 0 aromatic rings. The Labute approximate surface area is 107 Å². The van der Waals surface area contributed by atoms with Gasteiger partial charge in [-0.05, 0) is 39.7 Å². The van der Waals surface area contributed by atoms with Crippen LogP contribution in [0.1, 0.15) is 27.2 Å². The molecule has 1 aliphatic heterocycles. The first-order chi connectivity index (χ1) is 8.28. The summed E-state index contributed by atoms with van der Waals surface area (Å²) in [7, 11) is 1.31. The molecule has 2 N–H and O–H groups in total. The van der Waals surface area contributed by atoms with E-state index in [9.17, 15) is 9.59 Å². The van der Waals surface area contributed by atoms with Crippen molar-refractivity contribution in [2.75, 3.05) is 20.2 Å². The second-order valence-electron chi connectivity index (χ2n) is 5.51. The molecule has 2 atom stereocenters. The standard InChI is InChI=1S/C12H22N2O4/c1-12(2,3)18-11(16)14-7-8(6-13)5-9(14)10(15)17-4/h8-9H,5-7,13H2,1-4H3/t8?,9-/m0/s1. The van der Waals surface area contributed by atoms with Crippen molar-refractivity contribution in [1.82, 2.24) is 4.90 Å². The number of likely N-dealkylation sites (tertiary alicyclic amines) is 1. The van der Waals surface area contributed by atoms with Crippen LogP contribution in [0.15, 0.2) is 0 Å². The van der Waals surface area contributed by atoms with Gasteiger partial charge in [-0.1, -0.05) is 0 Å². The molecule has 1 amide bonds. The van der Waals surface area contributed by atoms with Gasteiger partial charge >= 0.3 is 12.1 Å². The highest BCUT2D eigenvalue weighted by Gasteiger charge is 2.41. The number of nitrogens with zero attached hydrogens (tertiary/aromatic N) is 1. The number of esters is 1. The van der Waals surface area contributed by atoms with E-state index in [1.807, 2.05) is 0 Å². The van der Waals surface area contributed by atoms with Crippen LogP contribution in [-0.4, -0.2) is 48.8 Å². The van der Waals surface area contributed by atoms with Crippen molar-refractivity contribution in [3.05, 3.63) is 0 Å².